The van der Waals surface area contributed by atoms with Gasteiger partial charge in [0.15, 0.2) is 0 Å². The van der Waals surface area contributed by atoms with Crippen LogP contribution in [-0.4, -0.2) is 17.1 Å². The van der Waals surface area contributed by atoms with Gasteiger partial charge in [-0.05, 0) is 37.0 Å². The number of ketones is 1. The van der Waals surface area contributed by atoms with E-state index in [-0.39, 0.29) is 12.8 Å². The maximum Gasteiger partial charge on any atom is 0.454 e. The van der Waals surface area contributed by atoms with Crippen molar-refractivity contribution in [2.75, 3.05) is 0 Å². The molecule has 0 aromatic heterocycles. The van der Waals surface area contributed by atoms with E-state index < -0.39 is 23.3 Å². The van der Waals surface area contributed by atoms with E-state index in [1.54, 1.807) is 18.2 Å². The van der Waals surface area contributed by atoms with Crippen molar-refractivity contribution in [2.24, 2.45) is 0 Å². The summed E-state index contributed by atoms with van der Waals surface area (Å²) in [6.07, 6.45) is -3.19. The van der Waals surface area contributed by atoms with Gasteiger partial charge >= 0.3 is 6.18 Å². The molecule has 0 unspecified atom stereocenters. The Morgan fingerprint density at radius 1 is 1.20 bits per heavy atom. The maximum atomic E-state index is 12.4. The number of Topliss-reactive ketones (excluding diaryl/α,β-unsaturated/α-hetero) is 1. The largest absolute Gasteiger partial charge is 0.507 e. The molecule has 1 aliphatic carbocycles. The molecule has 0 saturated heterocycles. The molecule has 20 heavy (non-hydrogen) atoms. The molecule has 1 aromatic rings. The number of hydrogen-bond acceptors (Lipinski definition) is 2. The second-order valence-corrected chi connectivity index (χ2v) is 4.73. The lowest BCUT2D eigenvalue weighted by molar-refractivity contribution is -0.166. The summed E-state index contributed by atoms with van der Waals surface area (Å²) < 4.78 is 37.1. The fourth-order valence-corrected chi connectivity index (χ4v) is 2.09. The zero-order valence-corrected chi connectivity index (χ0v) is 10.8. The van der Waals surface area contributed by atoms with Gasteiger partial charge in [-0.3, -0.25) is 4.79 Å². The third kappa shape index (κ3) is 2.92. The SMILES string of the molecule is Cc1ccc(/C=C2\CCC(C(=O)C(F)(F)F)=C2O)cc1. The molecule has 0 saturated carbocycles. The maximum absolute atomic E-state index is 12.4. The Balaban J connectivity index is 2.30. The monoisotopic (exact) mass is 282 g/mol. The first kappa shape index (κ1) is 14.4. The molecule has 0 fully saturated rings. The summed E-state index contributed by atoms with van der Waals surface area (Å²) in [5.74, 6) is -2.49. The van der Waals surface area contributed by atoms with Crippen molar-refractivity contribution >= 4 is 11.9 Å². The van der Waals surface area contributed by atoms with Gasteiger partial charge in [-0.1, -0.05) is 29.8 Å². The molecule has 106 valence electrons. The second-order valence-electron chi connectivity index (χ2n) is 4.73. The Morgan fingerprint density at radius 2 is 1.80 bits per heavy atom. The van der Waals surface area contributed by atoms with Crippen LogP contribution in [0.15, 0.2) is 41.2 Å². The van der Waals surface area contributed by atoms with Crippen LogP contribution in [0, 0.1) is 6.92 Å². The van der Waals surface area contributed by atoms with Gasteiger partial charge in [0, 0.05) is 5.57 Å². The van der Waals surface area contributed by atoms with Gasteiger partial charge in [0.05, 0.1) is 0 Å². The summed E-state index contributed by atoms with van der Waals surface area (Å²) in [7, 11) is 0. The van der Waals surface area contributed by atoms with Crippen molar-refractivity contribution in [1.82, 2.24) is 0 Å². The number of rotatable bonds is 2. The van der Waals surface area contributed by atoms with Crippen LogP contribution in [-0.2, 0) is 4.79 Å². The number of halogens is 3. The van der Waals surface area contributed by atoms with Gasteiger partial charge in [-0.2, -0.15) is 13.2 Å². The first-order valence-electron chi connectivity index (χ1n) is 6.10. The summed E-state index contributed by atoms with van der Waals surface area (Å²) >= 11 is 0. The first-order chi connectivity index (χ1) is 9.29. The van der Waals surface area contributed by atoms with Crippen molar-refractivity contribution in [1.29, 1.82) is 0 Å². The molecule has 0 atom stereocenters. The first-order valence-corrected chi connectivity index (χ1v) is 6.10. The molecule has 0 bridgehead atoms. The van der Waals surface area contributed by atoms with Crippen molar-refractivity contribution in [3.05, 3.63) is 52.3 Å². The fraction of sp³-hybridized carbons (Fsp3) is 0.267. The quantitative estimate of drug-likeness (QED) is 0.886. The van der Waals surface area contributed by atoms with Gasteiger partial charge in [0.1, 0.15) is 5.76 Å². The lowest BCUT2D eigenvalue weighted by atomic mass is 10.1. The van der Waals surface area contributed by atoms with E-state index in [1.165, 1.54) is 0 Å². The molecule has 2 nitrogen and oxygen atoms in total. The summed E-state index contributed by atoms with van der Waals surface area (Å²) in [5, 5.41) is 9.79. The van der Waals surface area contributed by atoms with Crippen LogP contribution in [0.4, 0.5) is 13.2 Å². The Morgan fingerprint density at radius 3 is 2.35 bits per heavy atom. The number of aliphatic hydroxyl groups is 1. The van der Waals surface area contributed by atoms with E-state index in [2.05, 4.69) is 0 Å². The number of carbonyl (C=O) groups excluding carboxylic acids is 1. The van der Waals surface area contributed by atoms with Crippen molar-refractivity contribution in [3.8, 4) is 0 Å². The number of alkyl halides is 3. The number of aryl methyl sites for hydroxylation is 1. The van der Waals surface area contributed by atoms with Crippen LogP contribution in [0.5, 0.6) is 0 Å². The summed E-state index contributed by atoms with van der Waals surface area (Å²) in [4.78, 5) is 11.1. The van der Waals surface area contributed by atoms with Crippen LogP contribution >= 0.6 is 0 Å². The Bertz CT molecular complexity index is 593. The smallest absolute Gasteiger partial charge is 0.454 e. The molecule has 0 spiro atoms. The second kappa shape index (κ2) is 5.15. The molecule has 1 aliphatic rings. The number of benzene rings is 1. The van der Waals surface area contributed by atoms with Crippen molar-refractivity contribution < 1.29 is 23.1 Å². The summed E-state index contributed by atoms with van der Waals surface area (Å²) in [6, 6.07) is 7.34. The fourth-order valence-electron chi connectivity index (χ4n) is 2.09. The van der Waals surface area contributed by atoms with Gasteiger partial charge in [-0.15, -0.1) is 0 Å². The summed E-state index contributed by atoms with van der Waals surface area (Å²) in [6.45, 7) is 1.92. The van der Waals surface area contributed by atoms with Crippen LogP contribution in [0.1, 0.15) is 24.0 Å². The highest BCUT2D eigenvalue weighted by Crippen LogP contribution is 2.35. The molecule has 0 amide bonds. The highest BCUT2D eigenvalue weighted by Gasteiger charge is 2.43. The highest BCUT2D eigenvalue weighted by molar-refractivity contribution is 6.01. The minimum absolute atomic E-state index is 0.0815. The predicted molar refractivity (Wildman–Crippen MR) is 69.1 cm³/mol. The lowest BCUT2D eigenvalue weighted by Crippen LogP contribution is -2.24. The number of aliphatic hydroxyl groups excluding tert-OH is 1. The molecule has 1 aromatic carbocycles. The van der Waals surface area contributed by atoms with E-state index in [1.807, 2.05) is 19.1 Å². The van der Waals surface area contributed by atoms with Crippen molar-refractivity contribution in [2.45, 2.75) is 25.9 Å². The van der Waals surface area contributed by atoms with Crippen LogP contribution < -0.4 is 0 Å². The Hall–Kier alpha value is -2.04. The number of carbonyl (C=O) groups is 1. The van der Waals surface area contributed by atoms with Crippen LogP contribution in [0.2, 0.25) is 0 Å². The number of hydrogen-bond donors (Lipinski definition) is 1. The van der Waals surface area contributed by atoms with Gasteiger partial charge in [0.2, 0.25) is 0 Å². The minimum atomic E-state index is -4.94. The van der Waals surface area contributed by atoms with E-state index in [0.29, 0.717) is 5.57 Å². The van der Waals surface area contributed by atoms with E-state index in [0.717, 1.165) is 11.1 Å². The number of allylic oxidation sites excluding steroid dienone is 2. The van der Waals surface area contributed by atoms with Gasteiger partial charge < -0.3 is 5.11 Å². The molecule has 0 aliphatic heterocycles. The predicted octanol–water partition coefficient (Wildman–Crippen LogP) is 4.12. The third-order valence-corrected chi connectivity index (χ3v) is 3.18. The van der Waals surface area contributed by atoms with E-state index in [4.69, 9.17) is 0 Å². The topological polar surface area (TPSA) is 37.3 Å². The normalized spacial score (nSPS) is 17.9. The van der Waals surface area contributed by atoms with Gasteiger partial charge in [-0.25, -0.2) is 0 Å². The third-order valence-electron chi connectivity index (χ3n) is 3.18. The average molecular weight is 282 g/mol. The standard InChI is InChI=1S/C15H13F3O2/c1-9-2-4-10(5-3-9)8-11-6-7-12(13(11)19)14(20)15(16,17)18/h2-5,8,19H,6-7H2,1H3/b11-8+. The zero-order valence-electron chi connectivity index (χ0n) is 10.8. The molecular formula is C15H13F3O2. The molecule has 0 heterocycles. The molecule has 2 rings (SSSR count). The van der Waals surface area contributed by atoms with Crippen LogP contribution in [0.3, 0.4) is 0 Å². The van der Waals surface area contributed by atoms with E-state index >= 15 is 0 Å². The lowest BCUT2D eigenvalue weighted by Gasteiger charge is -2.05. The Kier molecular flexibility index (Phi) is 3.70. The minimum Gasteiger partial charge on any atom is -0.507 e. The molecule has 1 N–H and O–H groups in total. The van der Waals surface area contributed by atoms with Gasteiger partial charge in [0.25, 0.3) is 5.78 Å². The molecular weight excluding hydrogens is 269 g/mol. The van der Waals surface area contributed by atoms with Crippen LogP contribution in [0.25, 0.3) is 6.08 Å². The average Bonchev–Trinajstić information content (AvgIpc) is 2.72. The summed E-state index contributed by atoms with van der Waals surface area (Å²) in [5.41, 5.74) is 1.65. The zero-order chi connectivity index (χ0) is 14.9. The Labute approximate surface area is 114 Å². The van der Waals surface area contributed by atoms with Crippen molar-refractivity contribution in [3.63, 3.8) is 0 Å². The molecule has 0 radical (unpaired) electrons. The highest BCUT2D eigenvalue weighted by atomic mass is 19.4. The molecule has 5 heteroatoms. The van der Waals surface area contributed by atoms with E-state index in [9.17, 15) is 23.1 Å².